The van der Waals surface area contributed by atoms with Crippen LogP contribution < -0.4 is 19.9 Å². The maximum Gasteiger partial charge on any atom is 0.270 e. The Morgan fingerprint density at radius 3 is 2.32 bits per heavy atom. The summed E-state index contributed by atoms with van der Waals surface area (Å²) in [4.78, 5) is 30.2. The summed E-state index contributed by atoms with van der Waals surface area (Å²) in [7, 11) is 7.07. The number of benzene rings is 2. The minimum Gasteiger partial charge on any atom is -0.493 e. The molecule has 0 aliphatic heterocycles. The first kappa shape index (κ1) is 20.5. The minimum atomic E-state index is -0.445. The van der Waals surface area contributed by atoms with Crippen LogP contribution in [-0.4, -0.2) is 49.3 Å². The Kier molecular flexibility index (Phi) is 5.20. The molecule has 4 aromatic rings. The van der Waals surface area contributed by atoms with Gasteiger partial charge in [0, 0.05) is 34.5 Å². The summed E-state index contributed by atoms with van der Waals surface area (Å²) < 4.78 is 12.5. The van der Waals surface area contributed by atoms with Crippen LogP contribution in [0.25, 0.3) is 32.6 Å². The number of rotatable bonds is 6. The highest BCUT2D eigenvalue weighted by atomic mass is 16.6. The van der Waals surface area contributed by atoms with Crippen LogP contribution in [-0.2, 0) is 6.54 Å². The predicted octanol–water partition coefficient (Wildman–Crippen LogP) is 1.77. The summed E-state index contributed by atoms with van der Waals surface area (Å²) in [5.41, 5.74) is 0.970. The van der Waals surface area contributed by atoms with Crippen LogP contribution in [0.2, 0.25) is 0 Å². The molecule has 0 atom stereocenters. The number of likely N-dealkylation sites (N-methyl/N-ethyl adjacent to an activating group) is 1. The van der Waals surface area contributed by atoms with Crippen molar-refractivity contribution in [1.82, 2.24) is 9.55 Å². The molecule has 1 N–H and O–H groups in total. The second kappa shape index (κ2) is 7.84. The number of nitrogens with zero attached hydrogens (tertiary/aromatic N) is 3. The van der Waals surface area contributed by atoms with Crippen molar-refractivity contribution >= 4 is 38.3 Å². The van der Waals surface area contributed by atoms with Gasteiger partial charge in [0.15, 0.2) is 11.5 Å². The number of quaternary nitrogens is 1. The first-order valence-corrected chi connectivity index (χ1v) is 9.80. The number of nitro benzene ring substituents is 1. The number of ether oxygens (including phenoxy) is 2. The average molecular weight is 423 g/mol. The van der Waals surface area contributed by atoms with Crippen molar-refractivity contribution < 1.29 is 19.3 Å². The molecule has 0 fully saturated rings. The number of methoxy groups -OCH3 is 2. The fraction of sp³-hybridized carbons (Fsp3) is 0.273. The van der Waals surface area contributed by atoms with Crippen LogP contribution in [0.5, 0.6) is 11.5 Å². The lowest BCUT2D eigenvalue weighted by molar-refractivity contribution is -0.858. The van der Waals surface area contributed by atoms with Crippen molar-refractivity contribution in [2.24, 2.45) is 0 Å². The molecule has 0 aliphatic carbocycles. The lowest BCUT2D eigenvalue weighted by Gasteiger charge is -2.17. The van der Waals surface area contributed by atoms with E-state index in [1.54, 1.807) is 29.0 Å². The molecule has 0 saturated heterocycles. The minimum absolute atomic E-state index is 0.0496. The van der Waals surface area contributed by atoms with Crippen LogP contribution in [0.1, 0.15) is 0 Å². The molecular weight excluding hydrogens is 400 g/mol. The van der Waals surface area contributed by atoms with Crippen LogP contribution in [0.4, 0.5) is 5.69 Å². The van der Waals surface area contributed by atoms with E-state index < -0.39 is 4.92 Å². The number of non-ortho nitro benzene ring substituents is 1. The Bertz CT molecular complexity index is 1390. The summed E-state index contributed by atoms with van der Waals surface area (Å²) in [5.74, 6) is 0.950. The van der Waals surface area contributed by atoms with Gasteiger partial charge in [0.1, 0.15) is 0 Å². The van der Waals surface area contributed by atoms with Gasteiger partial charge in [-0.2, -0.15) is 0 Å². The van der Waals surface area contributed by atoms with Crippen molar-refractivity contribution in [3.8, 4) is 11.5 Å². The second-order valence-electron chi connectivity index (χ2n) is 7.65. The van der Waals surface area contributed by atoms with E-state index in [0.717, 1.165) is 5.39 Å². The van der Waals surface area contributed by atoms with E-state index in [-0.39, 0.29) is 11.2 Å². The second-order valence-corrected chi connectivity index (χ2v) is 7.65. The van der Waals surface area contributed by atoms with E-state index in [9.17, 15) is 14.9 Å². The highest BCUT2D eigenvalue weighted by Crippen LogP contribution is 2.36. The zero-order valence-corrected chi connectivity index (χ0v) is 17.8. The maximum absolute atomic E-state index is 13.6. The Hall–Kier alpha value is -3.72. The number of pyridine rings is 2. The molecule has 0 radical (unpaired) electrons. The molecule has 160 valence electrons. The van der Waals surface area contributed by atoms with Crippen molar-refractivity contribution in [3.05, 3.63) is 57.0 Å². The smallest absolute Gasteiger partial charge is 0.270 e. The van der Waals surface area contributed by atoms with Crippen LogP contribution >= 0.6 is 0 Å². The van der Waals surface area contributed by atoms with Gasteiger partial charge in [-0.25, -0.2) is 0 Å². The molecule has 0 bridgehead atoms. The van der Waals surface area contributed by atoms with Gasteiger partial charge in [-0.1, -0.05) is 0 Å². The average Bonchev–Trinajstić information content (AvgIpc) is 2.77. The van der Waals surface area contributed by atoms with Crippen molar-refractivity contribution in [1.29, 1.82) is 0 Å². The molecule has 2 aromatic heterocycles. The normalized spacial score (nSPS) is 11.5. The molecular formula is C22H23N4O5+. The number of fused-ring (bicyclic) bond motifs is 5. The largest absolute Gasteiger partial charge is 0.493 e. The van der Waals surface area contributed by atoms with Gasteiger partial charge < -0.3 is 18.9 Å². The molecule has 2 heterocycles. The quantitative estimate of drug-likeness (QED) is 0.288. The van der Waals surface area contributed by atoms with E-state index >= 15 is 0 Å². The predicted molar refractivity (Wildman–Crippen MR) is 118 cm³/mol. The zero-order valence-electron chi connectivity index (χ0n) is 17.8. The van der Waals surface area contributed by atoms with Crippen LogP contribution in [0, 0.1) is 10.1 Å². The van der Waals surface area contributed by atoms with E-state index in [1.807, 2.05) is 14.1 Å². The van der Waals surface area contributed by atoms with Gasteiger partial charge in [0.2, 0.25) is 0 Å². The monoisotopic (exact) mass is 423 g/mol. The van der Waals surface area contributed by atoms with Gasteiger partial charge >= 0.3 is 0 Å². The number of hydrogen-bond acceptors (Lipinski definition) is 6. The zero-order chi connectivity index (χ0) is 22.3. The van der Waals surface area contributed by atoms with Gasteiger partial charge in [0.25, 0.3) is 11.2 Å². The van der Waals surface area contributed by atoms with E-state index in [4.69, 9.17) is 9.47 Å². The molecule has 2 aromatic carbocycles. The summed E-state index contributed by atoms with van der Waals surface area (Å²) >= 11 is 0. The SMILES string of the molecule is COc1cc2c(=O)n(CC[NH+](C)C)c3c4cc([N+](=O)[O-])ccc4ncc3c2cc1OC. The Balaban J connectivity index is 2.21. The van der Waals surface area contributed by atoms with Crippen molar-refractivity contribution in [3.63, 3.8) is 0 Å². The van der Waals surface area contributed by atoms with Gasteiger partial charge in [-0.05, 0) is 18.2 Å². The molecule has 9 nitrogen and oxygen atoms in total. The number of hydrogen-bond donors (Lipinski definition) is 1. The third-order valence-corrected chi connectivity index (χ3v) is 5.43. The van der Waals surface area contributed by atoms with Gasteiger partial charge in [-0.3, -0.25) is 19.9 Å². The molecule has 4 rings (SSSR count). The van der Waals surface area contributed by atoms with E-state index in [0.29, 0.717) is 51.8 Å². The highest BCUT2D eigenvalue weighted by molar-refractivity contribution is 6.14. The summed E-state index contributed by atoms with van der Waals surface area (Å²) in [5, 5.41) is 13.8. The fourth-order valence-corrected chi connectivity index (χ4v) is 3.84. The Labute approximate surface area is 177 Å². The van der Waals surface area contributed by atoms with E-state index in [2.05, 4.69) is 4.98 Å². The van der Waals surface area contributed by atoms with Crippen LogP contribution in [0.3, 0.4) is 0 Å². The van der Waals surface area contributed by atoms with Crippen molar-refractivity contribution in [2.45, 2.75) is 6.54 Å². The summed E-state index contributed by atoms with van der Waals surface area (Å²) in [6.45, 7) is 1.15. The Morgan fingerprint density at radius 2 is 1.71 bits per heavy atom. The first-order valence-electron chi connectivity index (χ1n) is 9.80. The van der Waals surface area contributed by atoms with Gasteiger partial charge in [-0.15, -0.1) is 0 Å². The Morgan fingerprint density at radius 1 is 1.03 bits per heavy atom. The summed E-state index contributed by atoms with van der Waals surface area (Å²) in [6.07, 6.45) is 1.70. The molecule has 0 saturated carbocycles. The van der Waals surface area contributed by atoms with Crippen LogP contribution in [0.15, 0.2) is 41.3 Å². The third-order valence-electron chi connectivity index (χ3n) is 5.43. The highest BCUT2D eigenvalue weighted by Gasteiger charge is 2.19. The number of nitro groups is 1. The standard InChI is InChI=1S/C22H22N4O5/c1-24(2)7-8-25-21-16-9-13(26(28)29)5-6-18(16)23-12-17(21)14-10-19(30-3)20(31-4)11-15(14)22(25)27/h5-6,9-12H,7-8H2,1-4H3/p+1. The molecule has 0 unspecified atom stereocenters. The molecule has 0 amide bonds. The summed E-state index contributed by atoms with van der Waals surface area (Å²) in [6, 6.07) is 7.94. The number of nitrogens with one attached hydrogen (secondary N) is 1. The topological polar surface area (TPSA) is 101 Å². The van der Waals surface area contributed by atoms with E-state index in [1.165, 1.54) is 31.3 Å². The first-order chi connectivity index (χ1) is 14.8. The van der Waals surface area contributed by atoms with Crippen molar-refractivity contribution in [2.75, 3.05) is 34.9 Å². The lowest BCUT2D eigenvalue weighted by Crippen LogP contribution is -3.06. The fourth-order valence-electron chi connectivity index (χ4n) is 3.84. The lowest BCUT2D eigenvalue weighted by atomic mass is 10.0. The number of aromatic nitrogens is 2. The molecule has 0 aliphatic rings. The molecule has 9 heteroatoms. The molecule has 0 spiro atoms. The van der Waals surface area contributed by atoms with Gasteiger partial charge in [0.05, 0.1) is 62.7 Å². The third kappa shape index (κ3) is 3.42. The molecule has 31 heavy (non-hydrogen) atoms. The maximum atomic E-state index is 13.6.